The molecule has 0 spiro atoms. The fourth-order valence-electron chi connectivity index (χ4n) is 1.69. The Kier molecular flexibility index (Phi) is 5.53. The average Bonchev–Trinajstić information content (AvgIpc) is 2.38. The van der Waals surface area contributed by atoms with Crippen molar-refractivity contribution in [3.63, 3.8) is 0 Å². The lowest BCUT2D eigenvalue weighted by Crippen LogP contribution is -2.34. The molecule has 0 fully saturated rings. The van der Waals surface area contributed by atoms with E-state index in [2.05, 4.69) is 6.58 Å². The van der Waals surface area contributed by atoms with E-state index in [4.69, 9.17) is 9.84 Å². The van der Waals surface area contributed by atoms with E-state index in [0.29, 0.717) is 0 Å². The maximum Gasteiger partial charge on any atom is 0.247 e. The van der Waals surface area contributed by atoms with Crippen molar-refractivity contribution in [1.29, 1.82) is 0 Å². The van der Waals surface area contributed by atoms with Gasteiger partial charge in [0, 0.05) is 13.1 Å². The van der Waals surface area contributed by atoms with Crippen molar-refractivity contribution < 1.29 is 18.3 Å². The summed E-state index contributed by atoms with van der Waals surface area (Å²) in [6.45, 7) is 5.25. The lowest BCUT2D eigenvalue weighted by molar-refractivity contribution is 0.260. The number of benzene rings is 1. The van der Waals surface area contributed by atoms with Gasteiger partial charge in [-0.25, -0.2) is 8.42 Å². The topological polar surface area (TPSA) is 66.8 Å². The first kappa shape index (κ1) is 15.7. The maximum atomic E-state index is 12.5. The van der Waals surface area contributed by atoms with E-state index in [1.807, 2.05) is 6.92 Å². The summed E-state index contributed by atoms with van der Waals surface area (Å²) in [5.41, 5.74) is 0.821. The highest BCUT2D eigenvalue weighted by molar-refractivity contribution is 7.89. The van der Waals surface area contributed by atoms with E-state index >= 15 is 0 Å². The van der Waals surface area contributed by atoms with Crippen molar-refractivity contribution in [1.82, 2.24) is 4.31 Å². The third kappa shape index (κ3) is 3.56. The van der Waals surface area contributed by atoms with Crippen molar-refractivity contribution in [2.24, 2.45) is 0 Å². The monoisotopic (exact) mass is 285 g/mol. The van der Waals surface area contributed by atoms with Crippen LogP contribution in [0.3, 0.4) is 0 Å². The zero-order chi connectivity index (χ0) is 14.5. The second kappa shape index (κ2) is 6.70. The molecule has 0 amide bonds. The van der Waals surface area contributed by atoms with Crippen LogP contribution in [0.25, 0.3) is 0 Å². The van der Waals surface area contributed by atoms with Gasteiger partial charge in [-0.05, 0) is 24.6 Å². The highest BCUT2D eigenvalue weighted by atomic mass is 32.2. The predicted octanol–water partition coefficient (Wildman–Crippen LogP) is 1.17. The molecule has 0 aromatic heterocycles. The number of hydrogen-bond acceptors (Lipinski definition) is 4. The molecule has 19 heavy (non-hydrogen) atoms. The molecule has 0 aliphatic heterocycles. The highest BCUT2D eigenvalue weighted by Gasteiger charge is 2.26. The fraction of sp³-hybridized carbons (Fsp3) is 0.385. The van der Waals surface area contributed by atoms with E-state index in [1.54, 1.807) is 18.2 Å². The molecule has 1 N–H and O–H groups in total. The number of aryl methyl sites for hydroxylation is 1. The second-order valence-corrected chi connectivity index (χ2v) is 5.94. The smallest absolute Gasteiger partial charge is 0.247 e. The van der Waals surface area contributed by atoms with Gasteiger partial charge in [0.25, 0.3) is 0 Å². The number of sulfonamides is 1. The summed E-state index contributed by atoms with van der Waals surface area (Å²) < 4.78 is 31.3. The quantitative estimate of drug-likeness (QED) is 0.764. The molecule has 0 heterocycles. The van der Waals surface area contributed by atoms with E-state index in [1.165, 1.54) is 13.2 Å². The Balaban J connectivity index is 3.31. The Morgan fingerprint density at radius 1 is 1.47 bits per heavy atom. The zero-order valence-corrected chi connectivity index (χ0v) is 12.0. The number of ether oxygens (including phenoxy) is 1. The molecule has 0 aliphatic rings. The molecule has 0 saturated heterocycles. The van der Waals surface area contributed by atoms with Crippen LogP contribution in [0.4, 0.5) is 0 Å². The number of nitrogens with zero attached hydrogens (tertiary/aromatic N) is 1. The Morgan fingerprint density at radius 2 is 2.16 bits per heavy atom. The molecule has 0 radical (unpaired) electrons. The average molecular weight is 285 g/mol. The Morgan fingerprint density at radius 3 is 2.68 bits per heavy atom. The summed E-state index contributed by atoms with van der Waals surface area (Å²) in [4.78, 5) is 0.102. The van der Waals surface area contributed by atoms with Crippen molar-refractivity contribution in [3.05, 3.63) is 36.4 Å². The molecular formula is C13H19NO4S. The van der Waals surface area contributed by atoms with Crippen LogP contribution in [-0.4, -0.2) is 44.6 Å². The van der Waals surface area contributed by atoms with Gasteiger partial charge in [-0.2, -0.15) is 4.31 Å². The summed E-state index contributed by atoms with van der Waals surface area (Å²) in [5.74, 6) is 0.289. The first-order valence-corrected chi connectivity index (χ1v) is 7.28. The molecule has 1 aromatic carbocycles. The van der Waals surface area contributed by atoms with Crippen LogP contribution in [0.1, 0.15) is 5.56 Å². The van der Waals surface area contributed by atoms with Gasteiger partial charge in [0.05, 0.1) is 13.7 Å². The first-order valence-electron chi connectivity index (χ1n) is 5.84. The number of aliphatic hydroxyl groups excluding tert-OH is 1. The van der Waals surface area contributed by atoms with Gasteiger partial charge in [0.2, 0.25) is 10.0 Å². The Bertz CT molecular complexity index is 540. The van der Waals surface area contributed by atoms with E-state index in [0.717, 1.165) is 9.87 Å². The van der Waals surface area contributed by atoms with Crippen LogP contribution in [0, 0.1) is 6.92 Å². The minimum Gasteiger partial charge on any atom is -0.495 e. The molecule has 0 atom stereocenters. The van der Waals surface area contributed by atoms with E-state index in [-0.39, 0.29) is 30.3 Å². The molecule has 6 heteroatoms. The molecule has 0 aliphatic carbocycles. The summed E-state index contributed by atoms with van der Waals surface area (Å²) in [6.07, 6.45) is 1.48. The number of hydrogen-bond donors (Lipinski definition) is 1. The van der Waals surface area contributed by atoms with Crippen molar-refractivity contribution in [2.75, 3.05) is 26.8 Å². The molecule has 1 rings (SSSR count). The second-order valence-electron chi connectivity index (χ2n) is 4.03. The SMILES string of the molecule is C=CCN(CCO)S(=O)(=O)c1cc(C)ccc1OC. The molecule has 5 nitrogen and oxygen atoms in total. The van der Waals surface area contributed by atoms with Gasteiger partial charge in [-0.1, -0.05) is 12.1 Å². The largest absolute Gasteiger partial charge is 0.495 e. The molecule has 1 aromatic rings. The minimum atomic E-state index is -3.71. The summed E-state index contributed by atoms with van der Waals surface area (Å²) in [7, 11) is -2.29. The fourth-order valence-corrected chi connectivity index (χ4v) is 3.33. The van der Waals surface area contributed by atoms with Crippen LogP contribution in [0.5, 0.6) is 5.75 Å². The standard InChI is InChI=1S/C13H19NO4S/c1-4-7-14(8-9-15)19(16,17)13-10-11(2)5-6-12(13)18-3/h4-6,10,15H,1,7-9H2,2-3H3. The predicted molar refractivity (Wildman–Crippen MR) is 73.8 cm³/mol. The van der Waals surface area contributed by atoms with E-state index in [9.17, 15) is 8.42 Å². The first-order chi connectivity index (χ1) is 8.97. The van der Waals surface area contributed by atoms with Crippen LogP contribution in [0.15, 0.2) is 35.7 Å². The Labute approximate surface area is 114 Å². The van der Waals surface area contributed by atoms with Gasteiger partial charge in [0.15, 0.2) is 0 Å². The van der Waals surface area contributed by atoms with Crippen LogP contribution in [0.2, 0.25) is 0 Å². The third-order valence-corrected chi connectivity index (χ3v) is 4.51. The van der Waals surface area contributed by atoms with Crippen molar-refractivity contribution >= 4 is 10.0 Å². The zero-order valence-electron chi connectivity index (χ0n) is 11.2. The normalized spacial score (nSPS) is 11.6. The molecule has 0 bridgehead atoms. The third-order valence-electron chi connectivity index (χ3n) is 2.62. The van der Waals surface area contributed by atoms with Gasteiger partial charge < -0.3 is 9.84 Å². The summed E-state index contributed by atoms with van der Waals surface area (Å²) in [6, 6.07) is 4.95. The van der Waals surface area contributed by atoms with Gasteiger partial charge in [-0.3, -0.25) is 0 Å². The number of aliphatic hydroxyl groups is 1. The van der Waals surface area contributed by atoms with Crippen LogP contribution >= 0.6 is 0 Å². The van der Waals surface area contributed by atoms with Gasteiger partial charge >= 0.3 is 0 Å². The Hall–Kier alpha value is -1.37. The maximum absolute atomic E-state index is 12.5. The molecule has 0 unspecified atom stereocenters. The van der Waals surface area contributed by atoms with Crippen LogP contribution in [-0.2, 0) is 10.0 Å². The molecule has 106 valence electrons. The minimum absolute atomic E-state index is 0.0193. The summed E-state index contributed by atoms with van der Waals surface area (Å²) in [5, 5.41) is 8.98. The lowest BCUT2D eigenvalue weighted by Gasteiger charge is -2.21. The van der Waals surface area contributed by atoms with Crippen molar-refractivity contribution in [2.45, 2.75) is 11.8 Å². The number of rotatable bonds is 7. The number of methoxy groups -OCH3 is 1. The van der Waals surface area contributed by atoms with Crippen LogP contribution < -0.4 is 4.74 Å². The molecular weight excluding hydrogens is 266 g/mol. The highest BCUT2D eigenvalue weighted by Crippen LogP contribution is 2.27. The van der Waals surface area contributed by atoms with Gasteiger partial charge in [-0.15, -0.1) is 6.58 Å². The van der Waals surface area contributed by atoms with E-state index < -0.39 is 10.0 Å². The van der Waals surface area contributed by atoms with Gasteiger partial charge in [0.1, 0.15) is 10.6 Å². The molecule has 0 saturated carbocycles. The summed E-state index contributed by atoms with van der Waals surface area (Å²) >= 11 is 0. The lowest BCUT2D eigenvalue weighted by atomic mass is 10.2. The van der Waals surface area contributed by atoms with Crippen molar-refractivity contribution in [3.8, 4) is 5.75 Å².